The molecule has 6 heteroatoms. The van der Waals surface area contributed by atoms with E-state index in [9.17, 15) is 4.79 Å². The molecule has 0 bridgehead atoms. The standard InChI is InChI=1S/C15H28N2O3.ClH/c1-15(2,3)20-14(18)17-12-6-8-19-13(9-12)11-5-4-7-16-10-11;/h11-13,16H,4-10H2,1-3H3,(H,17,18);1H. The fourth-order valence-electron chi connectivity index (χ4n) is 2.96. The maximum Gasteiger partial charge on any atom is 0.407 e. The molecule has 2 rings (SSSR count). The van der Waals surface area contributed by atoms with E-state index in [0.717, 1.165) is 32.5 Å². The van der Waals surface area contributed by atoms with Gasteiger partial charge in [-0.1, -0.05) is 0 Å². The fourth-order valence-corrected chi connectivity index (χ4v) is 2.96. The molecule has 0 saturated carbocycles. The number of carbonyl (C=O) groups is 1. The minimum absolute atomic E-state index is 0. The summed E-state index contributed by atoms with van der Waals surface area (Å²) in [6.45, 7) is 8.52. The fraction of sp³-hybridized carbons (Fsp3) is 0.933. The quantitative estimate of drug-likeness (QED) is 0.820. The number of piperidine rings is 1. The third kappa shape index (κ3) is 6.41. The number of ether oxygens (including phenoxy) is 2. The van der Waals surface area contributed by atoms with E-state index in [1.54, 1.807) is 0 Å². The Bertz CT molecular complexity index is 327. The largest absolute Gasteiger partial charge is 0.444 e. The molecule has 3 unspecified atom stereocenters. The van der Waals surface area contributed by atoms with Crippen molar-refractivity contribution in [3.63, 3.8) is 0 Å². The first-order valence-electron chi connectivity index (χ1n) is 7.76. The summed E-state index contributed by atoms with van der Waals surface area (Å²) in [5.74, 6) is 0.576. The van der Waals surface area contributed by atoms with Crippen LogP contribution in [-0.2, 0) is 9.47 Å². The van der Waals surface area contributed by atoms with E-state index in [2.05, 4.69) is 10.6 Å². The first-order valence-corrected chi connectivity index (χ1v) is 7.76. The number of carbonyl (C=O) groups excluding carboxylic acids is 1. The lowest BCUT2D eigenvalue weighted by Gasteiger charge is -2.37. The summed E-state index contributed by atoms with van der Waals surface area (Å²) in [7, 11) is 0. The predicted molar refractivity (Wildman–Crippen MR) is 85.0 cm³/mol. The Balaban J connectivity index is 0.00000220. The zero-order valence-electron chi connectivity index (χ0n) is 13.3. The highest BCUT2D eigenvalue weighted by atomic mass is 35.5. The monoisotopic (exact) mass is 320 g/mol. The molecule has 2 aliphatic rings. The molecular formula is C15H29ClN2O3. The van der Waals surface area contributed by atoms with Crippen molar-refractivity contribution in [3.8, 4) is 0 Å². The Labute approximate surface area is 133 Å². The van der Waals surface area contributed by atoms with E-state index >= 15 is 0 Å². The molecule has 0 radical (unpaired) electrons. The van der Waals surface area contributed by atoms with Crippen LogP contribution in [0.15, 0.2) is 0 Å². The van der Waals surface area contributed by atoms with Crippen molar-refractivity contribution in [1.82, 2.24) is 10.6 Å². The van der Waals surface area contributed by atoms with Gasteiger partial charge in [-0.15, -0.1) is 12.4 Å². The predicted octanol–water partition coefficient (Wildman–Crippen LogP) is 2.48. The van der Waals surface area contributed by atoms with Crippen LogP contribution in [0.1, 0.15) is 46.5 Å². The summed E-state index contributed by atoms with van der Waals surface area (Å²) in [6.07, 6.45) is 4.15. The molecule has 0 spiro atoms. The lowest BCUT2D eigenvalue weighted by molar-refractivity contribution is -0.0393. The van der Waals surface area contributed by atoms with E-state index in [4.69, 9.17) is 9.47 Å². The average Bonchev–Trinajstić information content (AvgIpc) is 2.38. The average molecular weight is 321 g/mol. The highest BCUT2D eigenvalue weighted by Crippen LogP contribution is 2.25. The lowest BCUT2D eigenvalue weighted by atomic mass is 9.88. The number of rotatable bonds is 2. The molecule has 2 aliphatic heterocycles. The van der Waals surface area contributed by atoms with Crippen molar-refractivity contribution >= 4 is 18.5 Å². The van der Waals surface area contributed by atoms with Crippen LogP contribution < -0.4 is 10.6 Å². The third-order valence-electron chi connectivity index (χ3n) is 3.90. The van der Waals surface area contributed by atoms with Gasteiger partial charge in [0.25, 0.3) is 0 Å². The van der Waals surface area contributed by atoms with Crippen LogP contribution in [0.4, 0.5) is 4.79 Å². The minimum Gasteiger partial charge on any atom is -0.444 e. The number of halogens is 1. The van der Waals surface area contributed by atoms with Crippen molar-refractivity contribution in [3.05, 3.63) is 0 Å². The van der Waals surface area contributed by atoms with Gasteiger partial charge in [-0.3, -0.25) is 0 Å². The topological polar surface area (TPSA) is 59.6 Å². The molecule has 5 nitrogen and oxygen atoms in total. The van der Waals surface area contributed by atoms with Gasteiger partial charge in [0.1, 0.15) is 5.60 Å². The highest BCUT2D eigenvalue weighted by Gasteiger charge is 2.31. The number of hydrogen-bond acceptors (Lipinski definition) is 4. The smallest absolute Gasteiger partial charge is 0.407 e. The van der Waals surface area contributed by atoms with E-state index in [0.29, 0.717) is 5.92 Å². The summed E-state index contributed by atoms with van der Waals surface area (Å²) < 4.78 is 11.2. The van der Waals surface area contributed by atoms with E-state index in [1.165, 1.54) is 12.8 Å². The van der Waals surface area contributed by atoms with Crippen LogP contribution in [0.2, 0.25) is 0 Å². The zero-order chi connectivity index (χ0) is 14.6. The molecule has 0 aromatic rings. The van der Waals surface area contributed by atoms with E-state index < -0.39 is 5.60 Å². The first-order chi connectivity index (χ1) is 9.44. The SMILES string of the molecule is CC(C)(C)OC(=O)NC1CCOC(C2CCCNC2)C1.Cl. The van der Waals surface area contributed by atoms with Gasteiger partial charge in [-0.05, 0) is 58.9 Å². The Hall–Kier alpha value is -0.520. The molecule has 2 saturated heterocycles. The number of hydrogen-bond donors (Lipinski definition) is 2. The maximum atomic E-state index is 11.8. The van der Waals surface area contributed by atoms with Crippen LogP contribution in [0.3, 0.4) is 0 Å². The molecule has 1 amide bonds. The van der Waals surface area contributed by atoms with Crippen molar-refractivity contribution in [2.24, 2.45) is 5.92 Å². The Morgan fingerprint density at radius 1 is 1.33 bits per heavy atom. The Kier molecular flexibility index (Phi) is 7.24. The minimum atomic E-state index is -0.443. The van der Waals surface area contributed by atoms with Crippen LogP contribution in [-0.4, -0.2) is 43.5 Å². The van der Waals surface area contributed by atoms with Crippen molar-refractivity contribution < 1.29 is 14.3 Å². The van der Waals surface area contributed by atoms with Crippen LogP contribution in [0.25, 0.3) is 0 Å². The summed E-state index contributed by atoms with van der Waals surface area (Å²) in [5, 5.41) is 6.41. The van der Waals surface area contributed by atoms with Crippen LogP contribution in [0.5, 0.6) is 0 Å². The van der Waals surface area contributed by atoms with Gasteiger partial charge in [0.05, 0.1) is 6.10 Å². The summed E-state index contributed by atoms with van der Waals surface area (Å²) >= 11 is 0. The third-order valence-corrected chi connectivity index (χ3v) is 3.90. The Morgan fingerprint density at radius 3 is 2.71 bits per heavy atom. The summed E-state index contributed by atoms with van der Waals surface area (Å²) in [5.41, 5.74) is -0.443. The molecule has 0 aromatic carbocycles. The molecule has 2 fully saturated rings. The number of amides is 1. The second-order valence-electron chi connectivity index (χ2n) is 6.88. The molecule has 124 valence electrons. The highest BCUT2D eigenvalue weighted by molar-refractivity contribution is 5.85. The van der Waals surface area contributed by atoms with Gasteiger partial charge in [0, 0.05) is 19.2 Å². The number of nitrogens with one attached hydrogen (secondary N) is 2. The molecule has 0 aromatic heterocycles. The molecule has 21 heavy (non-hydrogen) atoms. The molecule has 3 atom stereocenters. The molecule has 2 heterocycles. The second kappa shape index (κ2) is 8.20. The van der Waals surface area contributed by atoms with Gasteiger partial charge < -0.3 is 20.1 Å². The lowest BCUT2D eigenvalue weighted by Crippen LogP contribution is -2.48. The van der Waals surface area contributed by atoms with E-state index in [-0.39, 0.29) is 30.6 Å². The van der Waals surface area contributed by atoms with E-state index in [1.807, 2.05) is 20.8 Å². The first kappa shape index (κ1) is 18.5. The normalized spacial score (nSPS) is 30.1. The van der Waals surface area contributed by atoms with Gasteiger partial charge in [-0.2, -0.15) is 0 Å². The summed E-state index contributed by atoms with van der Waals surface area (Å²) in [4.78, 5) is 11.8. The van der Waals surface area contributed by atoms with Crippen molar-refractivity contribution in [2.45, 2.75) is 64.2 Å². The van der Waals surface area contributed by atoms with Gasteiger partial charge in [-0.25, -0.2) is 4.79 Å². The van der Waals surface area contributed by atoms with Crippen molar-refractivity contribution in [2.75, 3.05) is 19.7 Å². The number of alkyl carbamates (subject to hydrolysis) is 1. The molecule has 2 N–H and O–H groups in total. The van der Waals surface area contributed by atoms with Crippen molar-refractivity contribution in [1.29, 1.82) is 0 Å². The molecular weight excluding hydrogens is 292 g/mol. The summed E-state index contributed by atoms with van der Waals surface area (Å²) in [6, 6.07) is 0.172. The Morgan fingerprint density at radius 2 is 2.10 bits per heavy atom. The van der Waals surface area contributed by atoms with Crippen LogP contribution in [0, 0.1) is 5.92 Å². The maximum absolute atomic E-state index is 11.8. The van der Waals surface area contributed by atoms with Crippen LogP contribution >= 0.6 is 12.4 Å². The second-order valence-corrected chi connectivity index (χ2v) is 6.88. The van der Waals surface area contributed by atoms with Gasteiger partial charge in [0.15, 0.2) is 0 Å². The zero-order valence-corrected chi connectivity index (χ0v) is 14.1. The van der Waals surface area contributed by atoms with Gasteiger partial charge in [0.2, 0.25) is 0 Å². The van der Waals surface area contributed by atoms with Gasteiger partial charge >= 0.3 is 6.09 Å². The molecule has 0 aliphatic carbocycles.